The second kappa shape index (κ2) is 9.71. The highest BCUT2D eigenvalue weighted by Gasteiger charge is 2.13. The Labute approximate surface area is 179 Å². The van der Waals surface area contributed by atoms with E-state index in [0.29, 0.717) is 42.5 Å². The summed E-state index contributed by atoms with van der Waals surface area (Å²) in [5.41, 5.74) is 1.70. The molecule has 0 unspecified atom stereocenters. The van der Waals surface area contributed by atoms with Gasteiger partial charge in [0.1, 0.15) is 0 Å². The molecule has 8 nitrogen and oxygen atoms in total. The van der Waals surface area contributed by atoms with Crippen LogP contribution in [0.25, 0.3) is 12.2 Å². The summed E-state index contributed by atoms with van der Waals surface area (Å²) in [5.74, 6) is 2.35. The number of amides is 2. The van der Waals surface area contributed by atoms with Gasteiger partial charge in [0.25, 0.3) is 0 Å². The van der Waals surface area contributed by atoms with Crippen LogP contribution in [0.4, 0.5) is 0 Å². The molecule has 0 aliphatic carbocycles. The van der Waals surface area contributed by atoms with E-state index < -0.39 is 0 Å². The van der Waals surface area contributed by atoms with Gasteiger partial charge in [-0.25, -0.2) is 0 Å². The first-order chi connectivity index (χ1) is 15.2. The second-order valence-electron chi connectivity index (χ2n) is 6.83. The lowest BCUT2D eigenvalue weighted by atomic mass is 10.2. The number of fused-ring (bicyclic) bond motifs is 2. The molecule has 2 aromatic rings. The van der Waals surface area contributed by atoms with E-state index in [1.165, 1.54) is 12.2 Å². The van der Waals surface area contributed by atoms with Crippen molar-refractivity contribution in [3.63, 3.8) is 0 Å². The van der Waals surface area contributed by atoms with Gasteiger partial charge >= 0.3 is 0 Å². The largest absolute Gasteiger partial charge is 0.454 e. The Hall–Kier alpha value is -3.94. The van der Waals surface area contributed by atoms with Crippen LogP contribution in [0.15, 0.2) is 48.6 Å². The van der Waals surface area contributed by atoms with Gasteiger partial charge in [-0.15, -0.1) is 0 Å². The van der Waals surface area contributed by atoms with Crippen molar-refractivity contribution in [3.05, 3.63) is 59.7 Å². The molecular weight excluding hydrogens is 400 g/mol. The van der Waals surface area contributed by atoms with Crippen LogP contribution in [0.3, 0.4) is 0 Å². The van der Waals surface area contributed by atoms with Crippen molar-refractivity contribution >= 4 is 24.0 Å². The average molecular weight is 422 g/mol. The molecule has 0 bridgehead atoms. The van der Waals surface area contributed by atoms with E-state index in [2.05, 4.69) is 10.6 Å². The van der Waals surface area contributed by atoms with Crippen LogP contribution in [-0.2, 0) is 9.59 Å². The first-order valence-corrected chi connectivity index (χ1v) is 9.88. The van der Waals surface area contributed by atoms with Crippen molar-refractivity contribution in [2.75, 3.05) is 26.7 Å². The van der Waals surface area contributed by atoms with Gasteiger partial charge < -0.3 is 29.6 Å². The van der Waals surface area contributed by atoms with Crippen molar-refractivity contribution in [1.82, 2.24) is 10.6 Å². The first kappa shape index (κ1) is 20.3. The van der Waals surface area contributed by atoms with Gasteiger partial charge in [0, 0.05) is 25.2 Å². The topological polar surface area (TPSA) is 95.1 Å². The molecule has 0 saturated carbocycles. The zero-order valence-electron chi connectivity index (χ0n) is 16.8. The van der Waals surface area contributed by atoms with E-state index in [-0.39, 0.29) is 25.4 Å². The number of rotatable bonds is 8. The third-order valence-electron chi connectivity index (χ3n) is 4.60. The summed E-state index contributed by atoms with van der Waals surface area (Å²) >= 11 is 0. The molecule has 0 radical (unpaired) electrons. The Morgan fingerprint density at radius 2 is 1.16 bits per heavy atom. The smallest absolute Gasteiger partial charge is 0.244 e. The van der Waals surface area contributed by atoms with Crippen LogP contribution in [0.5, 0.6) is 23.0 Å². The fourth-order valence-corrected chi connectivity index (χ4v) is 3.01. The summed E-state index contributed by atoms with van der Waals surface area (Å²) in [4.78, 5) is 23.8. The van der Waals surface area contributed by atoms with Crippen molar-refractivity contribution < 1.29 is 28.5 Å². The van der Waals surface area contributed by atoms with Crippen molar-refractivity contribution in [3.8, 4) is 23.0 Å². The van der Waals surface area contributed by atoms with E-state index >= 15 is 0 Å². The summed E-state index contributed by atoms with van der Waals surface area (Å²) in [7, 11) is 0. The summed E-state index contributed by atoms with van der Waals surface area (Å²) < 4.78 is 21.1. The molecule has 0 saturated heterocycles. The highest BCUT2D eigenvalue weighted by molar-refractivity contribution is 5.92. The molecule has 0 aromatic heterocycles. The molecule has 2 amide bonds. The van der Waals surface area contributed by atoms with Gasteiger partial charge in [-0.2, -0.15) is 0 Å². The monoisotopic (exact) mass is 422 g/mol. The van der Waals surface area contributed by atoms with Crippen LogP contribution in [-0.4, -0.2) is 38.5 Å². The first-order valence-electron chi connectivity index (χ1n) is 9.88. The van der Waals surface area contributed by atoms with Gasteiger partial charge in [-0.05, 0) is 54.0 Å². The molecule has 31 heavy (non-hydrogen) atoms. The van der Waals surface area contributed by atoms with Crippen molar-refractivity contribution in [2.45, 2.75) is 6.42 Å². The predicted molar refractivity (Wildman–Crippen MR) is 114 cm³/mol. The molecular formula is C23H22N2O6. The molecule has 160 valence electrons. The molecule has 4 rings (SSSR count). The number of nitrogens with one attached hydrogen (secondary N) is 2. The zero-order chi connectivity index (χ0) is 21.5. The van der Waals surface area contributed by atoms with Crippen LogP contribution in [0.1, 0.15) is 17.5 Å². The SMILES string of the molecule is O=C(/C=C\c1ccc2c(c1)OCO2)NCCCNC(=O)/C=C/c1ccc2c(c1)OCO2. The normalized spacial score (nSPS) is 13.7. The van der Waals surface area contributed by atoms with E-state index in [0.717, 1.165) is 11.1 Å². The van der Waals surface area contributed by atoms with Crippen molar-refractivity contribution in [1.29, 1.82) is 0 Å². The van der Waals surface area contributed by atoms with Crippen LogP contribution in [0.2, 0.25) is 0 Å². The number of benzene rings is 2. The lowest BCUT2D eigenvalue weighted by molar-refractivity contribution is -0.116. The van der Waals surface area contributed by atoms with Crippen LogP contribution in [0, 0.1) is 0 Å². The summed E-state index contributed by atoms with van der Waals surface area (Å²) in [6.45, 7) is 1.34. The van der Waals surface area contributed by atoms with E-state index in [1.54, 1.807) is 12.2 Å². The average Bonchev–Trinajstić information content (AvgIpc) is 3.44. The quantitative estimate of drug-likeness (QED) is 0.501. The fraction of sp³-hybridized carbons (Fsp3) is 0.217. The number of ether oxygens (including phenoxy) is 4. The number of hydrogen-bond donors (Lipinski definition) is 2. The molecule has 2 aliphatic heterocycles. The summed E-state index contributed by atoms with van der Waals surface area (Å²) in [6.07, 6.45) is 6.96. The van der Waals surface area contributed by atoms with Crippen LogP contribution < -0.4 is 29.6 Å². The summed E-state index contributed by atoms with van der Waals surface area (Å²) in [6, 6.07) is 11.0. The fourth-order valence-electron chi connectivity index (χ4n) is 3.01. The standard InChI is InChI=1S/C23H22N2O6/c26-22(8-4-16-2-6-18-20(12-16)30-14-28-18)24-10-1-11-25-23(27)9-5-17-3-7-19-21(13-17)31-15-29-19/h2-9,12-13H,1,10-11,14-15H2,(H,24,26)(H,25,27)/b8-4-,9-5+. The Bertz CT molecular complexity index is 949. The Morgan fingerprint density at radius 3 is 1.65 bits per heavy atom. The number of hydrogen-bond acceptors (Lipinski definition) is 6. The maximum absolute atomic E-state index is 11.9. The Kier molecular flexibility index (Phi) is 6.37. The van der Waals surface area contributed by atoms with Gasteiger partial charge in [0.2, 0.25) is 25.4 Å². The van der Waals surface area contributed by atoms with Gasteiger partial charge in [-0.3, -0.25) is 9.59 Å². The number of carbonyl (C=O) groups is 2. The predicted octanol–water partition coefficient (Wildman–Crippen LogP) is 2.49. The second-order valence-corrected chi connectivity index (χ2v) is 6.83. The Balaban J connectivity index is 1.12. The highest BCUT2D eigenvalue weighted by atomic mass is 16.7. The molecule has 0 spiro atoms. The third kappa shape index (κ3) is 5.57. The van der Waals surface area contributed by atoms with Crippen molar-refractivity contribution in [2.24, 2.45) is 0 Å². The van der Waals surface area contributed by atoms with E-state index in [4.69, 9.17) is 18.9 Å². The molecule has 2 aliphatic rings. The molecule has 2 aromatic carbocycles. The third-order valence-corrected chi connectivity index (χ3v) is 4.60. The maximum Gasteiger partial charge on any atom is 0.244 e. The molecule has 0 atom stereocenters. The van der Waals surface area contributed by atoms with E-state index in [1.807, 2.05) is 36.4 Å². The molecule has 2 N–H and O–H groups in total. The Morgan fingerprint density at radius 1 is 0.710 bits per heavy atom. The lowest BCUT2D eigenvalue weighted by Crippen LogP contribution is -2.28. The minimum Gasteiger partial charge on any atom is -0.454 e. The molecule has 2 heterocycles. The molecule has 8 heteroatoms. The van der Waals surface area contributed by atoms with E-state index in [9.17, 15) is 9.59 Å². The minimum atomic E-state index is -0.202. The summed E-state index contributed by atoms with van der Waals surface area (Å²) in [5, 5.41) is 5.57. The minimum absolute atomic E-state index is 0.202. The lowest BCUT2D eigenvalue weighted by Gasteiger charge is -2.04. The zero-order valence-corrected chi connectivity index (χ0v) is 16.8. The number of carbonyl (C=O) groups excluding carboxylic acids is 2. The van der Waals surface area contributed by atoms with Gasteiger partial charge in [0.15, 0.2) is 23.0 Å². The van der Waals surface area contributed by atoms with Gasteiger partial charge in [0.05, 0.1) is 0 Å². The molecule has 0 fully saturated rings. The maximum atomic E-state index is 11.9. The van der Waals surface area contributed by atoms with Crippen LogP contribution >= 0.6 is 0 Å². The highest BCUT2D eigenvalue weighted by Crippen LogP contribution is 2.33. The van der Waals surface area contributed by atoms with Gasteiger partial charge in [-0.1, -0.05) is 12.1 Å².